The van der Waals surface area contributed by atoms with Crippen molar-refractivity contribution in [1.29, 1.82) is 0 Å². The Morgan fingerprint density at radius 3 is 2.56 bits per heavy atom. The highest BCUT2D eigenvalue weighted by atomic mass is 19.1. The number of likely N-dealkylation sites (N-methyl/N-ethyl adjacent to an activating group) is 2. The van der Waals surface area contributed by atoms with E-state index in [-0.39, 0.29) is 29.6 Å². The lowest BCUT2D eigenvalue weighted by molar-refractivity contribution is -0.117. The third kappa shape index (κ3) is 4.51. The summed E-state index contributed by atoms with van der Waals surface area (Å²) in [5.74, 6) is -0.0855. The van der Waals surface area contributed by atoms with Gasteiger partial charge < -0.3 is 14.7 Å². The first kappa shape index (κ1) is 19.0. The van der Waals surface area contributed by atoms with E-state index in [0.717, 1.165) is 6.54 Å². The van der Waals surface area contributed by atoms with Crippen molar-refractivity contribution in [3.8, 4) is 0 Å². The number of rotatable bonds is 6. The molecule has 3 rings (SSSR count). The minimum absolute atomic E-state index is 0.0591. The van der Waals surface area contributed by atoms with Crippen LogP contribution in [-0.4, -0.2) is 61.6 Å². The van der Waals surface area contributed by atoms with Crippen LogP contribution in [0.1, 0.15) is 18.0 Å². The molecule has 1 saturated heterocycles. The van der Waals surface area contributed by atoms with Crippen LogP contribution in [0.2, 0.25) is 0 Å². The largest absolute Gasteiger partial charge is 0.344 e. The van der Waals surface area contributed by atoms with Crippen molar-refractivity contribution in [2.24, 2.45) is 0 Å². The zero-order valence-corrected chi connectivity index (χ0v) is 15.8. The van der Waals surface area contributed by atoms with Crippen molar-refractivity contribution in [3.63, 3.8) is 0 Å². The smallest absolute Gasteiger partial charge is 0.252 e. The third-order valence-corrected chi connectivity index (χ3v) is 4.67. The number of nitrogens with one attached hydrogen (secondary N) is 1. The molecule has 1 fully saturated rings. The van der Waals surface area contributed by atoms with Gasteiger partial charge in [-0.2, -0.15) is 0 Å². The van der Waals surface area contributed by atoms with Crippen LogP contribution in [0.25, 0.3) is 0 Å². The van der Waals surface area contributed by atoms with Gasteiger partial charge in [-0.25, -0.2) is 9.37 Å². The topological polar surface area (TPSA) is 72.5 Å². The molecule has 1 aliphatic rings. The lowest BCUT2D eigenvalue weighted by atomic mass is 10.0. The maximum Gasteiger partial charge on any atom is 0.252 e. The van der Waals surface area contributed by atoms with Gasteiger partial charge in [-0.05, 0) is 38.4 Å². The lowest BCUT2D eigenvalue weighted by Crippen LogP contribution is -2.31. The van der Waals surface area contributed by atoms with Crippen LogP contribution in [0, 0.1) is 5.82 Å². The number of benzene rings is 1. The van der Waals surface area contributed by atoms with E-state index >= 15 is 0 Å². The molecule has 1 unspecified atom stereocenters. The average molecular weight is 373 g/mol. The standard InChI is InChI=1S/C19H24FN5O2/c1-23(2)8-9-24(3)19-21-16(11-17(26)22-19)13-10-18(27)25(12-13)15-6-4-14(20)5-7-15/h4-7,11,13H,8-10,12H2,1-3H3,(H,21,22,26). The van der Waals surface area contributed by atoms with Crippen LogP contribution in [-0.2, 0) is 4.79 Å². The Bertz CT molecular complexity index is 865. The van der Waals surface area contributed by atoms with Gasteiger partial charge >= 0.3 is 0 Å². The Kier molecular flexibility index (Phi) is 5.55. The molecule has 8 heteroatoms. The Morgan fingerprint density at radius 1 is 1.19 bits per heavy atom. The van der Waals surface area contributed by atoms with Crippen LogP contribution in [0.5, 0.6) is 0 Å². The van der Waals surface area contributed by atoms with E-state index < -0.39 is 0 Å². The van der Waals surface area contributed by atoms with Crippen molar-refractivity contribution >= 4 is 17.5 Å². The number of carbonyl (C=O) groups is 1. The number of nitrogens with zero attached hydrogens (tertiary/aromatic N) is 4. The summed E-state index contributed by atoms with van der Waals surface area (Å²) < 4.78 is 13.1. The second-order valence-corrected chi connectivity index (χ2v) is 7.10. The van der Waals surface area contributed by atoms with Crippen LogP contribution in [0.4, 0.5) is 16.0 Å². The second-order valence-electron chi connectivity index (χ2n) is 7.10. The molecule has 0 radical (unpaired) electrons. The van der Waals surface area contributed by atoms with E-state index in [9.17, 15) is 14.0 Å². The number of aromatic nitrogens is 2. The molecule has 0 saturated carbocycles. The van der Waals surface area contributed by atoms with E-state index in [1.54, 1.807) is 17.0 Å². The van der Waals surface area contributed by atoms with E-state index in [0.29, 0.717) is 30.4 Å². The molecule has 1 atom stereocenters. The molecule has 2 heterocycles. The van der Waals surface area contributed by atoms with Crippen molar-refractivity contribution in [2.45, 2.75) is 12.3 Å². The maximum atomic E-state index is 13.1. The van der Waals surface area contributed by atoms with Gasteiger partial charge in [0.15, 0.2) is 0 Å². The highest BCUT2D eigenvalue weighted by Crippen LogP contribution is 2.30. The van der Waals surface area contributed by atoms with Crippen molar-refractivity contribution in [1.82, 2.24) is 14.9 Å². The Balaban J connectivity index is 1.79. The molecule has 1 aromatic carbocycles. The fraction of sp³-hybridized carbons (Fsp3) is 0.421. The number of hydrogen-bond donors (Lipinski definition) is 1. The highest BCUT2D eigenvalue weighted by Gasteiger charge is 2.33. The summed E-state index contributed by atoms with van der Waals surface area (Å²) in [4.78, 5) is 37.4. The molecule has 2 aromatic rings. The zero-order chi connectivity index (χ0) is 19.6. The Morgan fingerprint density at radius 2 is 1.89 bits per heavy atom. The van der Waals surface area contributed by atoms with Gasteiger partial charge in [0.2, 0.25) is 11.9 Å². The van der Waals surface area contributed by atoms with Crippen LogP contribution >= 0.6 is 0 Å². The summed E-state index contributed by atoms with van der Waals surface area (Å²) in [5.41, 5.74) is 1.01. The number of aromatic amines is 1. The molecular formula is C19H24FN5O2. The molecule has 0 bridgehead atoms. The number of halogens is 1. The predicted octanol–water partition coefficient (Wildman–Crippen LogP) is 1.43. The molecule has 1 aromatic heterocycles. The summed E-state index contributed by atoms with van der Waals surface area (Å²) in [6.45, 7) is 1.96. The average Bonchev–Trinajstić information content (AvgIpc) is 3.01. The maximum absolute atomic E-state index is 13.1. The molecule has 0 spiro atoms. The van der Waals surface area contributed by atoms with Crippen LogP contribution in [0.3, 0.4) is 0 Å². The van der Waals surface area contributed by atoms with Gasteiger partial charge in [-0.3, -0.25) is 14.6 Å². The minimum atomic E-state index is -0.344. The number of carbonyl (C=O) groups excluding carboxylic acids is 1. The molecule has 0 aliphatic carbocycles. The van der Waals surface area contributed by atoms with Gasteiger partial charge in [0.25, 0.3) is 5.56 Å². The Hall–Kier alpha value is -2.74. The van der Waals surface area contributed by atoms with Crippen molar-refractivity contribution < 1.29 is 9.18 Å². The first-order valence-corrected chi connectivity index (χ1v) is 8.86. The van der Waals surface area contributed by atoms with E-state index in [2.05, 4.69) is 14.9 Å². The number of amides is 1. The summed E-state index contributed by atoms with van der Waals surface area (Å²) in [7, 11) is 5.83. The summed E-state index contributed by atoms with van der Waals surface area (Å²) in [6, 6.07) is 7.29. The highest BCUT2D eigenvalue weighted by molar-refractivity contribution is 5.96. The minimum Gasteiger partial charge on any atom is -0.344 e. The fourth-order valence-electron chi connectivity index (χ4n) is 3.09. The lowest BCUT2D eigenvalue weighted by Gasteiger charge is -2.21. The monoisotopic (exact) mass is 373 g/mol. The molecule has 1 N–H and O–H groups in total. The van der Waals surface area contributed by atoms with Crippen LogP contribution in [0.15, 0.2) is 35.1 Å². The normalized spacial score (nSPS) is 17.0. The fourth-order valence-corrected chi connectivity index (χ4v) is 3.09. The third-order valence-electron chi connectivity index (χ3n) is 4.67. The van der Waals surface area contributed by atoms with Gasteiger partial charge in [-0.15, -0.1) is 0 Å². The summed E-state index contributed by atoms with van der Waals surface area (Å²) in [6.07, 6.45) is 0.273. The molecule has 7 nitrogen and oxygen atoms in total. The zero-order valence-electron chi connectivity index (χ0n) is 15.8. The second kappa shape index (κ2) is 7.87. The van der Waals surface area contributed by atoms with Gasteiger partial charge in [0, 0.05) is 50.8 Å². The first-order valence-electron chi connectivity index (χ1n) is 8.86. The van der Waals surface area contributed by atoms with E-state index in [4.69, 9.17) is 0 Å². The van der Waals surface area contributed by atoms with Gasteiger partial charge in [0.1, 0.15) is 5.82 Å². The molecule has 144 valence electrons. The SMILES string of the molecule is CN(C)CCN(C)c1nc(C2CC(=O)N(c3ccc(F)cc3)C2)cc(=O)[nH]1. The molecule has 1 aliphatic heterocycles. The van der Waals surface area contributed by atoms with Crippen LogP contribution < -0.4 is 15.4 Å². The summed E-state index contributed by atoms with van der Waals surface area (Å²) in [5, 5.41) is 0. The summed E-state index contributed by atoms with van der Waals surface area (Å²) >= 11 is 0. The number of H-pyrrole nitrogens is 1. The quantitative estimate of drug-likeness (QED) is 0.829. The van der Waals surface area contributed by atoms with Gasteiger partial charge in [-0.1, -0.05) is 0 Å². The molecule has 27 heavy (non-hydrogen) atoms. The van der Waals surface area contributed by atoms with Crippen molar-refractivity contribution in [3.05, 3.63) is 52.2 Å². The Labute approximate surface area is 157 Å². The van der Waals surface area contributed by atoms with Gasteiger partial charge in [0.05, 0.1) is 5.69 Å². The predicted molar refractivity (Wildman–Crippen MR) is 103 cm³/mol. The van der Waals surface area contributed by atoms with Crippen molar-refractivity contribution in [2.75, 3.05) is 50.6 Å². The molecule has 1 amide bonds. The first-order chi connectivity index (χ1) is 12.8. The van der Waals surface area contributed by atoms with E-state index in [1.165, 1.54) is 18.2 Å². The number of hydrogen-bond acceptors (Lipinski definition) is 5. The molecular weight excluding hydrogens is 349 g/mol. The van der Waals surface area contributed by atoms with E-state index in [1.807, 2.05) is 26.0 Å². The number of anilines is 2.